The molecule has 1 amide bonds. The zero-order valence-corrected chi connectivity index (χ0v) is 9.84. The fraction of sp³-hybridized carbons (Fsp3) is 0.909. The molecular formula is C11H21NO3. The van der Waals surface area contributed by atoms with Crippen LogP contribution in [0, 0.1) is 11.8 Å². The molecule has 1 fully saturated rings. The van der Waals surface area contributed by atoms with Crippen LogP contribution in [0.15, 0.2) is 0 Å². The quantitative estimate of drug-likeness (QED) is 0.693. The molecule has 1 aliphatic rings. The van der Waals surface area contributed by atoms with Gasteiger partial charge in [0.15, 0.2) is 0 Å². The highest BCUT2D eigenvalue weighted by molar-refractivity contribution is 5.73. The van der Waals surface area contributed by atoms with E-state index in [9.17, 15) is 15.0 Å². The summed E-state index contributed by atoms with van der Waals surface area (Å²) < 4.78 is 0. The fourth-order valence-corrected chi connectivity index (χ4v) is 2.33. The molecule has 15 heavy (non-hydrogen) atoms. The van der Waals surface area contributed by atoms with Crippen LogP contribution in [0.5, 0.6) is 0 Å². The maximum atomic E-state index is 11.2. The number of likely N-dealkylation sites (N-methyl/N-ethyl adjacent to an activating group) is 1. The third-order valence-corrected chi connectivity index (χ3v) is 3.55. The van der Waals surface area contributed by atoms with E-state index in [1.54, 1.807) is 7.05 Å². The standard InChI is InChI=1S/C11H21NO3/c1-6(2)8-5-9(11(15)10(8)14)12(4)7(3)13/h6,8-11,14-15H,5H2,1-4H3/t8-,9-,10-,11+/m0/s1. The summed E-state index contributed by atoms with van der Waals surface area (Å²) in [6.07, 6.45) is -0.848. The summed E-state index contributed by atoms with van der Waals surface area (Å²) in [5.41, 5.74) is 0. The lowest BCUT2D eigenvalue weighted by Crippen LogP contribution is -2.43. The van der Waals surface area contributed by atoms with Gasteiger partial charge in [-0.25, -0.2) is 0 Å². The van der Waals surface area contributed by atoms with Gasteiger partial charge in [0.25, 0.3) is 0 Å². The van der Waals surface area contributed by atoms with Crippen LogP contribution in [0.1, 0.15) is 27.2 Å². The molecule has 0 aromatic carbocycles. The van der Waals surface area contributed by atoms with Gasteiger partial charge in [-0.15, -0.1) is 0 Å². The summed E-state index contributed by atoms with van der Waals surface area (Å²) in [5, 5.41) is 19.7. The van der Waals surface area contributed by atoms with Gasteiger partial charge in [-0.1, -0.05) is 13.8 Å². The van der Waals surface area contributed by atoms with Gasteiger partial charge < -0.3 is 15.1 Å². The molecule has 2 N–H and O–H groups in total. The van der Waals surface area contributed by atoms with Crippen molar-refractivity contribution in [2.75, 3.05) is 7.05 Å². The summed E-state index contributed by atoms with van der Waals surface area (Å²) in [5.74, 6) is 0.322. The normalized spacial score (nSPS) is 35.9. The van der Waals surface area contributed by atoms with Crippen LogP contribution >= 0.6 is 0 Å². The molecule has 0 radical (unpaired) electrons. The fourth-order valence-electron chi connectivity index (χ4n) is 2.33. The first-order valence-electron chi connectivity index (χ1n) is 5.45. The average molecular weight is 215 g/mol. The second-order valence-corrected chi connectivity index (χ2v) is 4.82. The Morgan fingerprint density at radius 1 is 1.33 bits per heavy atom. The van der Waals surface area contributed by atoms with Gasteiger partial charge in [-0.2, -0.15) is 0 Å². The van der Waals surface area contributed by atoms with Gasteiger partial charge in [-0.05, 0) is 18.3 Å². The lowest BCUT2D eigenvalue weighted by atomic mass is 9.92. The van der Waals surface area contributed by atoms with Crippen LogP contribution in [0.25, 0.3) is 0 Å². The van der Waals surface area contributed by atoms with E-state index < -0.39 is 12.2 Å². The molecule has 0 spiro atoms. The van der Waals surface area contributed by atoms with Crippen LogP contribution in [-0.2, 0) is 4.79 Å². The molecule has 0 aliphatic heterocycles. The van der Waals surface area contributed by atoms with E-state index in [1.165, 1.54) is 11.8 Å². The molecule has 0 unspecified atom stereocenters. The monoisotopic (exact) mass is 215 g/mol. The zero-order valence-electron chi connectivity index (χ0n) is 9.84. The minimum absolute atomic E-state index is 0.0735. The predicted molar refractivity (Wildman–Crippen MR) is 57.2 cm³/mol. The summed E-state index contributed by atoms with van der Waals surface area (Å²) in [4.78, 5) is 12.7. The van der Waals surface area contributed by atoms with E-state index in [-0.39, 0.29) is 17.9 Å². The molecule has 1 aliphatic carbocycles. The number of aliphatic hydroxyl groups is 2. The third-order valence-electron chi connectivity index (χ3n) is 3.55. The number of amides is 1. The smallest absolute Gasteiger partial charge is 0.219 e. The van der Waals surface area contributed by atoms with Crippen LogP contribution in [0.3, 0.4) is 0 Å². The molecule has 4 atom stereocenters. The molecule has 0 aromatic heterocycles. The highest BCUT2D eigenvalue weighted by atomic mass is 16.3. The van der Waals surface area contributed by atoms with E-state index in [0.29, 0.717) is 12.3 Å². The molecule has 4 heteroatoms. The number of rotatable bonds is 2. The summed E-state index contributed by atoms with van der Waals surface area (Å²) in [6, 6.07) is -0.245. The van der Waals surface area contributed by atoms with Gasteiger partial charge in [0.2, 0.25) is 5.91 Å². The Hall–Kier alpha value is -0.610. The largest absolute Gasteiger partial charge is 0.390 e. The van der Waals surface area contributed by atoms with E-state index in [4.69, 9.17) is 0 Å². The van der Waals surface area contributed by atoms with E-state index in [2.05, 4.69) is 0 Å². The molecule has 0 saturated heterocycles. The van der Waals surface area contributed by atoms with Crippen molar-refractivity contribution in [2.24, 2.45) is 11.8 Å². The SMILES string of the molecule is CC(=O)N(C)[C@H]1C[C@@H](C(C)C)[C@H](O)[C@@H]1O. The van der Waals surface area contributed by atoms with Crippen molar-refractivity contribution in [3.63, 3.8) is 0 Å². The molecule has 1 saturated carbocycles. The molecule has 4 nitrogen and oxygen atoms in total. The predicted octanol–water partition coefficient (Wildman–Crippen LogP) is 0.231. The van der Waals surface area contributed by atoms with E-state index >= 15 is 0 Å². The second-order valence-electron chi connectivity index (χ2n) is 4.82. The Morgan fingerprint density at radius 2 is 1.87 bits per heavy atom. The minimum Gasteiger partial charge on any atom is -0.390 e. The van der Waals surface area contributed by atoms with Crippen molar-refractivity contribution in [1.29, 1.82) is 0 Å². The lowest BCUT2D eigenvalue weighted by molar-refractivity contribution is -0.132. The number of carbonyl (C=O) groups is 1. The van der Waals surface area contributed by atoms with Gasteiger partial charge >= 0.3 is 0 Å². The average Bonchev–Trinajstić information content (AvgIpc) is 2.43. The number of aliphatic hydroxyl groups excluding tert-OH is 2. The first-order valence-corrected chi connectivity index (χ1v) is 5.45. The van der Waals surface area contributed by atoms with Crippen molar-refractivity contribution in [2.45, 2.75) is 45.4 Å². The number of nitrogens with zero attached hydrogens (tertiary/aromatic N) is 1. The molecule has 1 rings (SSSR count). The Balaban J connectivity index is 2.75. The number of hydrogen-bond acceptors (Lipinski definition) is 3. The summed E-state index contributed by atoms with van der Waals surface area (Å²) >= 11 is 0. The maximum Gasteiger partial charge on any atom is 0.219 e. The molecule has 0 heterocycles. The summed E-state index contributed by atoms with van der Waals surface area (Å²) in [6.45, 7) is 5.52. The first kappa shape index (κ1) is 12.5. The Labute approximate surface area is 90.9 Å². The van der Waals surface area contributed by atoms with Crippen molar-refractivity contribution in [1.82, 2.24) is 4.90 Å². The molecule has 0 aromatic rings. The van der Waals surface area contributed by atoms with Gasteiger partial charge in [0.05, 0.1) is 12.1 Å². The van der Waals surface area contributed by atoms with E-state index in [0.717, 1.165) is 0 Å². The van der Waals surface area contributed by atoms with Gasteiger partial charge in [0.1, 0.15) is 6.10 Å². The first-order chi connectivity index (χ1) is 6.86. The lowest BCUT2D eigenvalue weighted by Gasteiger charge is -2.26. The topological polar surface area (TPSA) is 60.8 Å². The van der Waals surface area contributed by atoms with Crippen molar-refractivity contribution in [3.8, 4) is 0 Å². The minimum atomic E-state index is -0.814. The van der Waals surface area contributed by atoms with E-state index in [1.807, 2.05) is 13.8 Å². The summed E-state index contributed by atoms with van der Waals surface area (Å²) in [7, 11) is 1.67. The second kappa shape index (κ2) is 4.49. The maximum absolute atomic E-state index is 11.2. The van der Waals surface area contributed by atoms with Crippen molar-refractivity contribution in [3.05, 3.63) is 0 Å². The Morgan fingerprint density at radius 3 is 2.20 bits per heavy atom. The van der Waals surface area contributed by atoms with Crippen molar-refractivity contribution >= 4 is 5.91 Å². The van der Waals surface area contributed by atoms with Gasteiger partial charge in [-0.3, -0.25) is 4.79 Å². The van der Waals surface area contributed by atoms with Gasteiger partial charge in [0, 0.05) is 14.0 Å². The number of carbonyl (C=O) groups excluding carboxylic acids is 1. The van der Waals surface area contributed by atoms with Crippen LogP contribution in [0.2, 0.25) is 0 Å². The highest BCUT2D eigenvalue weighted by Crippen LogP contribution is 2.34. The van der Waals surface area contributed by atoms with Crippen LogP contribution < -0.4 is 0 Å². The number of hydrogen-bond donors (Lipinski definition) is 2. The zero-order chi connectivity index (χ0) is 11.7. The highest BCUT2D eigenvalue weighted by Gasteiger charge is 2.44. The van der Waals surface area contributed by atoms with Crippen molar-refractivity contribution < 1.29 is 15.0 Å². The van der Waals surface area contributed by atoms with Crippen LogP contribution in [0.4, 0.5) is 0 Å². The molecule has 0 bridgehead atoms. The molecule has 88 valence electrons. The Bertz CT molecular complexity index is 242. The third kappa shape index (κ3) is 2.32. The Kier molecular flexibility index (Phi) is 3.73. The van der Waals surface area contributed by atoms with Crippen LogP contribution in [-0.4, -0.2) is 46.3 Å². The molecular weight excluding hydrogens is 194 g/mol.